The number of ether oxygens (including phenoxy) is 2. The lowest BCUT2D eigenvalue weighted by atomic mass is 10.2. The Bertz CT molecular complexity index is 1090. The van der Waals surface area contributed by atoms with Crippen molar-refractivity contribution in [3.63, 3.8) is 0 Å². The third-order valence-electron chi connectivity index (χ3n) is 4.37. The summed E-state index contributed by atoms with van der Waals surface area (Å²) in [6, 6.07) is 12.8. The fourth-order valence-electron chi connectivity index (χ4n) is 2.81. The number of aryl methyl sites for hydroxylation is 1. The van der Waals surface area contributed by atoms with Crippen molar-refractivity contribution in [3.8, 4) is 17.2 Å². The molecule has 1 amide bonds. The van der Waals surface area contributed by atoms with E-state index in [9.17, 15) is 9.59 Å². The monoisotopic (exact) mass is 414 g/mol. The first kappa shape index (κ1) is 19.1. The molecule has 9 heteroatoms. The van der Waals surface area contributed by atoms with Gasteiger partial charge in [-0.3, -0.25) is 9.32 Å². The number of thioether (sulfide) groups is 1. The zero-order valence-corrected chi connectivity index (χ0v) is 16.7. The lowest BCUT2D eigenvalue weighted by Crippen LogP contribution is -2.37. The highest BCUT2D eigenvalue weighted by Gasteiger charge is 2.29. The Morgan fingerprint density at radius 3 is 2.62 bits per heavy atom. The molecule has 0 saturated heterocycles. The van der Waals surface area contributed by atoms with Gasteiger partial charge in [-0.2, -0.15) is 0 Å². The number of carbonyl (C=O) groups excluding carboxylic acids is 1. The van der Waals surface area contributed by atoms with E-state index in [1.165, 1.54) is 4.68 Å². The Balaban J connectivity index is 1.49. The minimum Gasteiger partial charge on any atom is -0.486 e. The number of nitrogens with one attached hydrogen (secondary N) is 2. The Morgan fingerprint density at radius 1 is 1.14 bits per heavy atom. The molecule has 0 bridgehead atoms. The topological polar surface area (TPSA) is 97.4 Å². The van der Waals surface area contributed by atoms with E-state index in [4.69, 9.17) is 14.0 Å². The van der Waals surface area contributed by atoms with Crippen LogP contribution in [-0.2, 0) is 4.79 Å². The lowest BCUT2D eigenvalue weighted by molar-refractivity contribution is -0.704. The molecule has 2 heterocycles. The van der Waals surface area contributed by atoms with E-state index in [0.29, 0.717) is 35.4 Å². The van der Waals surface area contributed by atoms with Crippen LogP contribution in [-0.4, -0.2) is 29.6 Å². The molecule has 0 radical (unpaired) electrons. The van der Waals surface area contributed by atoms with Crippen molar-refractivity contribution in [2.75, 3.05) is 18.5 Å². The Labute approximate surface area is 170 Å². The quantitative estimate of drug-likeness (QED) is 0.492. The van der Waals surface area contributed by atoms with Gasteiger partial charge >= 0.3 is 10.7 Å². The number of benzene rings is 2. The molecule has 2 N–H and O–H groups in total. The summed E-state index contributed by atoms with van der Waals surface area (Å²) in [4.78, 5) is 24.8. The number of aromatic amines is 1. The lowest BCUT2D eigenvalue weighted by Gasteiger charge is -2.19. The number of H-pyrrole nitrogens is 1. The minimum atomic E-state index is -0.543. The summed E-state index contributed by atoms with van der Waals surface area (Å²) in [5, 5.41) is 5.17. The number of hydrogen-bond acceptors (Lipinski definition) is 6. The Hall–Kier alpha value is -3.20. The van der Waals surface area contributed by atoms with Crippen molar-refractivity contribution in [2.24, 2.45) is 0 Å². The van der Waals surface area contributed by atoms with Crippen LogP contribution in [0.2, 0.25) is 0 Å². The molecule has 1 aliphatic heterocycles. The molecule has 3 aromatic rings. The second-order valence-corrected chi connectivity index (χ2v) is 7.89. The Kier molecular flexibility index (Phi) is 5.30. The number of aromatic nitrogens is 2. The molecule has 0 saturated carbocycles. The first-order valence-corrected chi connectivity index (χ1v) is 9.97. The minimum absolute atomic E-state index is 0.247. The molecule has 0 spiro atoms. The zero-order chi connectivity index (χ0) is 20.4. The molecule has 150 valence electrons. The molecule has 1 aromatic heterocycles. The predicted molar refractivity (Wildman–Crippen MR) is 107 cm³/mol. The van der Waals surface area contributed by atoms with E-state index in [-0.39, 0.29) is 5.91 Å². The molecular formula is C20H20N3O5S+. The third-order valence-corrected chi connectivity index (χ3v) is 5.51. The fraction of sp³-hybridized carbons (Fsp3) is 0.250. The summed E-state index contributed by atoms with van der Waals surface area (Å²) < 4.78 is 17.5. The van der Waals surface area contributed by atoms with Gasteiger partial charge < -0.3 is 14.8 Å². The van der Waals surface area contributed by atoms with Crippen LogP contribution < -0.4 is 25.1 Å². The van der Waals surface area contributed by atoms with Crippen LogP contribution in [0, 0.1) is 6.92 Å². The largest absolute Gasteiger partial charge is 0.486 e. The zero-order valence-electron chi connectivity index (χ0n) is 15.9. The van der Waals surface area contributed by atoms with E-state index in [1.807, 2.05) is 31.2 Å². The summed E-state index contributed by atoms with van der Waals surface area (Å²) >= 11 is 1.12. The highest BCUT2D eigenvalue weighted by atomic mass is 32.2. The average molecular weight is 414 g/mol. The van der Waals surface area contributed by atoms with Crippen LogP contribution in [0.15, 0.2) is 56.8 Å². The SMILES string of the molecule is Cc1ccc(-[n+]2[nH]oc(=O)c2SC(C)C(=O)Nc2ccc3c(c2)OCCO3)cc1. The van der Waals surface area contributed by atoms with Gasteiger partial charge in [-0.25, -0.2) is 4.79 Å². The standard InChI is InChI=1S/C20H19N3O5S/c1-12-3-6-15(7-4-12)23-19(20(25)28-22-23)29-13(2)18(24)21-14-5-8-16-17(11-14)27-10-9-26-16/h3-8,11,13H,9-10H2,1-2H3,(H-,21,22,24,25)/p+1. The number of amides is 1. The van der Waals surface area contributed by atoms with Crippen molar-refractivity contribution < 1.29 is 23.5 Å². The number of carbonyl (C=O) groups is 1. The summed E-state index contributed by atoms with van der Waals surface area (Å²) in [5.41, 5.74) is 1.90. The Morgan fingerprint density at radius 2 is 1.86 bits per heavy atom. The van der Waals surface area contributed by atoms with Crippen LogP contribution >= 0.6 is 11.8 Å². The molecule has 29 heavy (non-hydrogen) atoms. The normalized spacial score (nSPS) is 13.7. The van der Waals surface area contributed by atoms with Crippen LogP contribution in [0.5, 0.6) is 11.5 Å². The third kappa shape index (κ3) is 4.14. The van der Waals surface area contributed by atoms with Crippen molar-refractivity contribution in [3.05, 3.63) is 58.4 Å². The van der Waals surface area contributed by atoms with Gasteiger partial charge in [0, 0.05) is 23.9 Å². The van der Waals surface area contributed by atoms with Gasteiger partial charge in [0.05, 0.1) is 5.25 Å². The number of anilines is 1. The van der Waals surface area contributed by atoms with E-state index < -0.39 is 10.9 Å². The average Bonchev–Trinajstić information content (AvgIpc) is 3.08. The first-order valence-electron chi connectivity index (χ1n) is 9.09. The van der Waals surface area contributed by atoms with Gasteiger partial charge in [0.15, 0.2) is 11.5 Å². The molecule has 0 fully saturated rings. The molecular weight excluding hydrogens is 394 g/mol. The first-order chi connectivity index (χ1) is 14.0. The maximum absolute atomic E-state index is 12.7. The summed E-state index contributed by atoms with van der Waals surface area (Å²) in [6.07, 6.45) is 0. The van der Waals surface area contributed by atoms with Gasteiger partial charge in [0.2, 0.25) is 11.6 Å². The van der Waals surface area contributed by atoms with Gasteiger partial charge in [-0.1, -0.05) is 17.7 Å². The number of hydrogen-bond donors (Lipinski definition) is 2. The van der Waals surface area contributed by atoms with E-state index in [2.05, 4.69) is 10.6 Å². The van der Waals surface area contributed by atoms with Gasteiger partial charge in [-0.05, 0) is 47.7 Å². The van der Waals surface area contributed by atoms with Gasteiger partial charge in [-0.15, -0.1) is 0 Å². The van der Waals surface area contributed by atoms with Crippen LogP contribution in [0.25, 0.3) is 5.69 Å². The molecule has 0 aliphatic carbocycles. The van der Waals surface area contributed by atoms with Crippen LogP contribution in [0.4, 0.5) is 5.69 Å². The van der Waals surface area contributed by atoms with Crippen LogP contribution in [0.1, 0.15) is 12.5 Å². The second kappa shape index (κ2) is 8.04. The maximum Gasteiger partial charge on any atom is 0.442 e. The van der Waals surface area contributed by atoms with Crippen molar-refractivity contribution in [2.45, 2.75) is 24.1 Å². The summed E-state index contributed by atoms with van der Waals surface area (Å²) in [7, 11) is 0. The number of nitrogens with zero attached hydrogens (tertiary/aromatic N) is 1. The van der Waals surface area contributed by atoms with Gasteiger partial charge in [0.1, 0.15) is 13.2 Å². The van der Waals surface area contributed by atoms with Crippen LogP contribution in [0.3, 0.4) is 0 Å². The molecule has 1 unspecified atom stereocenters. The van der Waals surface area contributed by atoms with Gasteiger partial charge in [0.25, 0.3) is 0 Å². The highest BCUT2D eigenvalue weighted by molar-refractivity contribution is 8.00. The van der Waals surface area contributed by atoms with E-state index in [1.54, 1.807) is 25.1 Å². The molecule has 1 aliphatic rings. The smallest absolute Gasteiger partial charge is 0.442 e. The summed E-state index contributed by atoms with van der Waals surface area (Å²) in [5.74, 6) is 1.00. The van der Waals surface area contributed by atoms with E-state index in [0.717, 1.165) is 23.0 Å². The van der Waals surface area contributed by atoms with E-state index >= 15 is 0 Å². The highest BCUT2D eigenvalue weighted by Crippen LogP contribution is 2.33. The van der Waals surface area contributed by atoms with Crippen molar-refractivity contribution in [1.82, 2.24) is 5.27 Å². The number of fused-ring (bicyclic) bond motifs is 1. The molecule has 8 nitrogen and oxygen atoms in total. The van der Waals surface area contributed by atoms with Crippen molar-refractivity contribution >= 4 is 23.4 Å². The molecule has 2 aromatic carbocycles. The molecule has 4 rings (SSSR count). The molecule has 1 atom stereocenters. The maximum atomic E-state index is 12.7. The van der Waals surface area contributed by atoms with Crippen molar-refractivity contribution in [1.29, 1.82) is 0 Å². The predicted octanol–water partition coefficient (Wildman–Crippen LogP) is 2.44. The number of rotatable bonds is 5. The summed E-state index contributed by atoms with van der Waals surface area (Å²) in [6.45, 7) is 4.68. The second-order valence-electron chi connectivity index (χ2n) is 6.56. The fourth-order valence-corrected chi connectivity index (χ4v) is 3.70.